The van der Waals surface area contributed by atoms with Gasteiger partial charge in [-0.2, -0.15) is 5.10 Å². The summed E-state index contributed by atoms with van der Waals surface area (Å²) in [5, 5.41) is 8.27. The molecule has 0 spiro atoms. The van der Waals surface area contributed by atoms with Gasteiger partial charge in [-0.3, -0.25) is 0 Å². The molecule has 2 aromatic rings. The highest BCUT2D eigenvalue weighted by molar-refractivity contribution is 9.10. The van der Waals surface area contributed by atoms with Crippen molar-refractivity contribution >= 4 is 15.9 Å². The van der Waals surface area contributed by atoms with E-state index in [1.807, 2.05) is 6.07 Å². The maximum Gasteiger partial charge on any atom is 0.0661 e. The second kappa shape index (κ2) is 7.76. The number of aromatic nitrogens is 2. The van der Waals surface area contributed by atoms with Crippen LogP contribution in [0.2, 0.25) is 0 Å². The number of halogens is 1. The van der Waals surface area contributed by atoms with Crippen molar-refractivity contribution in [2.75, 3.05) is 13.1 Å². The van der Waals surface area contributed by atoms with Crippen LogP contribution in [-0.4, -0.2) is 22.9 Å². The Morgan fingerprint density at radius 2 is 2.00 bits per heavy atom. The summed E-state index contributed by atoms with van der Waals surface area (Å²) in [6, 6.07) is 8.35. The third-order valence-corrected chi connectivity index (χ3v) is 4.19. The van der Waals surface area contributed by atoms with Gasteiger partial charge in [-0.15, -0.1) is 0 Å². The Labute approximate surface area is 135 Å². The molecule has 4 heteroatoms. The van der Waals surface area contributed by atoms with Crippen molar-refractivity contribution in [3.63, 3.8) is 0 Å². The molecule has 0 fully saturated rings. The molecule has 0 amide bonds. The zero-order valence-electron chi connectivity index (χ0n) is 13.1. The first-order valence-electron chi connectivity index (χ1n) is 7.77. The summed E-state index contributed by atoms with van der Waals surface area (Å²) < 4.78 is 3.20. The average Bonchev–Trinajstić information content (AvgIpc) is 2.85. The molecule has 0 aliphatic carbocycles. The van der Waals surface area contributed by atoms with Crippen LogP contribution in [0.3, 0.4) is 0 Å². The molecule has 0 unspecified atom stereocenters. The number of nitrogens with zero attached hydrogens (tertiary/aromatic N) is 2. The van der Waals surface area contributed by atoms with Crippen LogP contribution in [0.25, 0.3) is 5.69 Å². The van der Waals surface area contributed by atoms with Gasteiger partial charge in [0.25, 0.3) is 0 Å². The molecule has 3 nitrogen and oxygen atoms in total. The summed E-state index contributed by atoms with van der Waals surface area (Å²) in [6.07, 6.45) is 3.03. The predicted molar refractivity (Wildman–Crippen MR) is 92.3 cm³/mol. The number of benzene rings is 1. The van der Waals surface area contributed by atoms with Crippen LogP contribution < -0.4 is 5.32 Å². The summed E-state index contributed by atoms with van der Waals surface area (Å²) in [4.78, 5) is 0. The quantitative estimate of drug-likeness (QED) is 0.768. The number of nitrogens with one attached hydrogen (secondary N) is 1. The topological polar surface area (TPSA) is 29.9 Å². The molecule has 0 bridgehead atoms. The molecule has 0 radical (unpaired) electrons. The van der Waals surface area contributed by atoms with Crippen molar-refractivity contribution in [1.82, 2.24) is 15.1 Å². The van der Waals surface area contributed by atoms with Crippen LogP contribution in [0, 0.1) is 0 Å². The molecule has 2 rings (SSSR count). The van der Waals surface area contributed by atoms with Crippen molar-refractivity contribution < 1.29 is 0 Å². The number of hydrogen-bond donors (Lipinski definition) is 1. The lowest BCUT2D eigenvalue weighted by atomic mass is 10.1. The van der Waals surface area contributed by atoms with Gasteiger partial charge in [-0.05, 0) is 56.1 Å². The second-order valence-corrected chi connectivity index (χ2v) is 5.99. The molecule has 1 N–H and O–H groups in total. The third-order valence-electron chi connectivity index (χ3n) is 3.70. The van der Waals surface area contributed by atoms with E-state index in [1.54, 1.807) is 0 Å². The van der Waals surface area contributed by atoms with E-state index >= 15 is 0 Å². The molecule has 0 saturated carbocycles. The van der Waals surface area contributed by atoms with E-state index in [4.69, 9.17) is 5.10 Å². The van der Waals surface area contributed by atoms with Crippen molar-refractivity contribution in [2.24, 2.45) is 0 Å². The Bertz CT molecular complexity index is 590. The number of hydrogen-bond acceptors (Lipinski definition) is 2. The van der Waals surface area contributed by atoms with Gasteiger partial charge in [-0.1, -0.05) is 42.8 Å². The monoisotopic (exact) mass is 349 g/mol. The second-order valence-electron chi connectivity index (χ2n) is 5.07. The summed E-state index contributed by atoms with van der Waals surface area (Å²) in [6.45, 7) is 8.57. The number of aryl methyl sites for hydroxylation is 1. The highest BCUT2D eigenvalue weighted by Crippen LogP contribution is 2.22. The van der Waals surface area contributed by atoms with Crippen LogP contribution in [0.1, 0.15) is 37.7 Å². The Hall–Kier alpha value is -1.13. The van der Waals surface area contributed by atoms with Gasteiger partial charge in [-0.25, -0.2) is 4.68 Å². The Morgan fingerprint density at radius 1 is 1.19 bits per heavy atom. The first-order chi connectivity index (χ1) is 10.2. The SMILES string of the molecule is CCNCCc1c(CC)nn(-c2cccc(Br)c2)c1CC. The minimum Gasteiger partial charge on any atom is -0.317 e. The third kappa shape index (κ3) is 3.74. The van der Waals surface area contributed by atoms with Crippen LogP contribution in [0.15, 0.2) is 28.7 Å². The Balaban J connectivity index is 2.42. The Kier molecular flexibility index (Phi) is 6.00. The zero-order valence-corrected chi connectivity index (χ0v) is 14.7. The summed E-state index contributed by atoms with van der Waals surface area (Å²) >= 11 is 3.55. The van der Waals surface area contributed by atoms with Gasteiger partial charge in [0.1, 0.15) is 0 Å². The number of likely N-dealkylation sites (N-methyl/N-ethyl adjacent to an activating group) is 1. The standard InChI is InChI=1S/C17H24BrN3/c1-4-16-15(10-11-19-6-3)17(5-2)21(20-16)14-9-7-8-13(18)12-14/h7-9,12,19H,4-6,10-11H2,1-3H3. The van der Waals surface area contributed by atoms with Gasteiger partial charge >= 0.3 is 0 Å². The van der Waals surface area contributed by atoms with Crippen LogP contribution in [0.5, 0.6) is 0 Å². The molecular formula is C17H24BrN3. The van der Waals surface area contributed by atoms with E-state index in [0.29, 0.717) is 0 Å². The van der Waals surface area contributed by atoms with E-state index in [0.717, 1.165) is 42.5 Å². The first-order valence-corrected chi connectivity index (χ1v) is 8.56. The van der Waals surface area contributed by atoms with Crippen molar-refractivity contribution in [3.05, 3.63) is 45.7 Å². The average molecular weight is 350 g/mol. The van der Waals surface area contributed by atoms with Crippen LogP contribution >= 0.6 is 15.9 Å². The first kappa shape index (κ1) is 16.2. The van der Waals surface area contributed by atoms with Gasteiger partial charge in [0.05, 0.1) is 11.4 Å². The van der Waals surface area contributed by atoms with E-state index in [9.17, 15) is 0 Å². The van der Waals surface area contributed by atoms with Gasteiger partial charge in [0, 0.05) is 10.2 Å². The molecule has 1 heterocycles. The maximum atomic E-state index is 4.86. The smallest absolute Gasteiger partial charge is 0.0661 e. The molecule has 1 aromatic heterocycles. The molecule has 0 aliphatic heterocycles. The lowest BCUT2D eigenvalue weighted by Crippen LogP contribution is -2.17. The highest BCUT2D eigenvalue weighted by Gasteiger charge is 2.16. The van der Waals surface area contributed by atoms with E-state index in [1.165, 1.54) is 17.0 Å². The Morgan fingerprint density at radius 3 is 2.62 bits per heavy atom. The molecule has 114 valence electrons. The predicted octanol–water partition coefficient (Wildman–Crippen LogP) is 3.91. The fourth-order valence-corrected chi connectivity index (χ4v) is 3.07. The summed E-state index contributed by atoms with van der Waals surface area (Å²) in [5.74, 6) is 0. The maximum absolute atomic E-state index is 4.86. The van der Waals surface area contributed by atoms with Crippen molar-refractivity contribution in [3.8, 4) is 5.69 Å². The highest BCUT2D eigenvalue weighted by atomic mass is 79.9. The molecule has 1 aromatic carbocycles. The van der Waals surface area contributed by atoms with E-state index < -0.39 is 0 Å². The van der Waals surface area contributed by atoms with Gasteiger partial charge in [0.2, 0.25) is 0 Å². The van der Waals surface area contributed by atoms with E-state index in [-0.39, 0.29) is 0 Å². The van der Waals surface area contributed by atoms with Crippen molar-refractivity contribution in [1.29, 1.82) is 0 Å². The van der Waals surface area contributed by atoms with Gasteiger partial charge in [0.15, 0.2) is 0 Å². The molecule has 0 atom stereocenters. The lowest BCUT2D eigenvalue weighted by molar-refractivity contribution is 0.709. The minimum absolute atomic E-state index is 0.982. The summed E-state index contributed by atoms with van der Waals surface area (Å²) in [7, 11) is 0. The normalized spacial score (nSPS) is 11.0. The largest absolute Gasteiger partial charge is 0.317 e. The van der Waals surface area contributed by atoms with Crippen LogP contribution in [-0.2, 0) is 19.3 Å². The van der Waals surface area contributed by atoms with Crippen LogP contribution in [0.4, 0.5) is 0 Å². The molecule has 0 aliphatic rings. The summed E-state index contributed by atoms with van der Waals surface area (Å²) in [5.41, 5.74) is 5.11. The van der Waals surface area contributed by atoms with E-state index in [2.05, 4.69) is 64.9 Å². The molecular weight excluding hydrogens is 326 g/mol. The molecule has 0 saturated heterocycles. The molecule has 21 heavy (non-hydrogen) atoms. The lowest BCUT2D eigenvalue weighted by Gasteiger charge is -2.09. The number of rotatable bonds is 7. The minimum atomic E-state index is 0.982. The van der Waals surface area contributed by atoms with Crippen molar-refractivity contribution in [2.45, 2.75) is 40.0 Å². The fourth-order valence-electron chi connectivity index (χ4n) is 2.68. The van der Waals surface area contributed by atoms with Gasteiger partial charge < -0.3 is 5.32 Å². The fraction of sp³-hybridized carbons (Fsp3) is 0.471. The zero-order chi connectivity index (χ0) is 15.2.